The van der Waals surface area contributed by atoms with E-state index in [1.165, 1.54) is 25.2 Å². The molecule has 0 saturated heterocycles. The number of nitrogens with zero attached hydrogens (tertiary/aromatic N) is 1. The fraction of sp³-hybridized carbons (Fsp3) is 0.417. The first-order valence-corrected chi connectivity index (χ1v) is 6.03. The first-order valence-electron chi connectivity index (χ1n) is 5.65. The Balaban J connectivity index is 2.54. The van der Waals surface area contributed by atoms with Crippen molar-refractivity contribution in [1.82, 2.24) is 10.2 Å². The highest BCUT2D eigenvalue weighted by molar-refractivity contribution is 6.31. The zero-order valence-electron chi connectivity index (χ0n) is 10.6. The molecule has 1 amide bonds. The van der Waals surface area contributed by atoms with E-state index in [9.17, 15) is 22.4 Å². The predicted molar refractivity (Wildman–Crippen MR) is 66.8 cm³/mol. The molecule has 1 rings (SSSR count). The first-order chi connectivity index (χ1) is 9.20. The van der Waals surface area contributed by atoms with E-state index < -0.39 is 31.0 Å². The van der Waals surface area contributed by atoms with Gasteiger partial charge in [0.05, 0.1) is 13.1 Å². The quantitative estimate of drug-likeness (QED) is 0.848. The predicted octanol–water partition coefficient (Wildman–Crippen LogP) is 2.59. The number of carbonyl (C=O) groups excluding carboxylic acids is 1. The van der Waals surface area contributed by atoms with Gasteiger partial charge in [0.15, 0.2) is 0 Å². The number of amides is 1. The summed E-state index contributed by atoms with van der Waals surface area (Å²) < 4.78 is 49.2. The van der Waals surface area contributed by atoms with Crippen molar-refractivity contribution in [3.8, 4) is 0 Å². The van der Waals surface area contributed by atoms with Gasteiger partial charge in [-0.2, -0.15) is 13.2 Å². The number of hydrogen-bond donors (Lipinski definition) is 1. The molecular formula is C12H13ClF4N2O. The summed E-state index contributed by atoms with van der Waals surface area (Å²) in [7, 11) is 1.36. The van der Waals surface area contributed by atoms with Gasteiger partial charge < -0.3 is 10.2 Å². The SMILES string of the molecule is CN(Cc1c(F)cccc1Cl)C(=O)CNCC(F)(F)F. The van der Waals surface area contributed by atoms with Crippen LogP contribution in [0.25, 0.3) is 0 Å². The highest BCUT2D eigenvalue weighted by atomic mass is 35.5. The van der Waals surface area contributed by atoms with Gasteiger partial charge in [-0.25, -0.2) is 4.39 Å². The van der Waals surface area contributed by atoms with Gasteiger partial charge in [-0.3, -0.25) is 4.79 Å². The molecule has 3 nitrogen and oxygen atoms in total. The van der Waals surface area contributed by atoms with E-state index in [0.717, 1.165) is 4.90 Å². The molecule has 20 heavy (non-hydrogen) atoms. The van der Waals surface area contributed by atoms with Crippen molar-refractivity contribution in [3.05, 3.63) is 34.6 Å². The van der Waals surface area contributed by atoms with Crippen molar-refractivity contribution in [1.29, 1.82) is 0 Å². The third-order valence-corrected chi connectivity index (χ3v) is 2.84. The summed E-state index contributed by atoms with van der Waals surface area (Å²) in [5.74, 6) is -1.16. The van der Waals surface area contributed by atoms with Crippen molar-refractivity contribution in [2.24, 2.45) is 0 Å². The second-order valence-corrected chi connectivity index (χ2v) is 4.58. The standard InChI is InChI=1S/C12H13ClF4N2O/c1-19(11(20)5-18-7-12(15,16)17)6-8-9(13)3-2-4-10(8)14/h2-4,18H,5-7H2,1H3. The smallest absolute Gasteiger partial charge is 0.340 e. The first kappa shape index (κ1) is 16.7. The molecule has 0 radical (unpaired) electrons. The van der Waals surface area contributed by atoms with E-state index >= 15 is 0 Å². The topological polar surface area (TPSA) is 32.3 Å². The van der Waals surface area contributed by atoms with Gasteiger partial charge in [-0.1, -0.05) is 17.7 Å². The lowest BCUT2D eigenvalue weighted by atomic mass is 10.2. The van der Waals surface area contributed by atoms with Gasteiger partial charge >= 0.3 is 6.18 Å². The van der Waals surface area contributed by atoms with Crippen molar-refractivity contribution in [3.63, 3.8) is 0 Å². The molecule has 1 aromatic carbocycles. The largest absolute Gasteiger partial charge is 0.401 e. The number of likely N-dealkylation sites (N-methyl/N-ethyl adjacent to an activating group) is 1. The number of benzene rings is 1. The van der Waals surface area contributed by atoms with Crippen LogP contribution in [0.1, 0.15) is 5.56 Å². The minimum absolute atomic E-state index is 0.113. The summed E-state index contributed by atoms with van der Waals surface area (Å²) in [6.45, 7) is -1.85. The highest BCUT2D eigenvalue weighted by Crippen LogP contribution is 2.20. The third-order valence-electron chi connectivity index (χ3n) is 2.48. The Morgan fingerprint density at radius 1 is 1.40 bits per heavy atom. The summed E-state index contributed by atoms with van der Waals surface area (Å²) in [5, 5.41) is 2.14. The Labute approximate surface area is 118 Å². The average Bonchev–Trinajstić information content (AvgIpc) is 2.32. The Kier molecular flexibility index (Phi) is 5.76. The van der Waals surface area contributed by atoms with E-state index in [1.807, 2.05) is 5.32 Å². The van der Waals surface area contributed by atoms with Gasteiger partial charge in [0, 0.05) is 24.2 Å². The molecule has 0 unspecified atom stereocenters. The monoisotopic (exact) mass is 312 g/mol. The summed E-state index contributed by atoms with van der Waals surface area (Å²) in [5.41, 5.74) is 0.126. The maximum Gasteiger partial charge on any atom is 0.401 e. The van der Waals surface area contributed by atoms with Gasteiger partial charge in [0.25, 0.3) is 0 Å². The van der Waals surface area contributed by atoms with Crippen LogP contribution in [0.4, 0.5) is 17.6 Å². The summed E-state index contributed by atoms with van der Waals surface area (Å²) in [6, 6.07) is 4.09. The molecule has 1 aromatic rings. The second-order valence-electron chi connectivity index (χ2n) is 4.17. The molecule has 1 N–H and O–H groups in total. The van der Waals surface area contributed by atoms with Crippen LogP contribution < -0.4 is 5.32 Å². The zero-order chi connectivity index (χ0) is 15.3. The van der Waals surface area contributed by atoms with Crippen LogP contribution in [-0.4, -0.2) is 37.1 Å². The molecule has 0 aliphatic rings. The van der Waals surface area contributed by atoms with Crippen LogP contribution in [-0.2, 0) is 11.3 Å². The number of halogens is 5. The lowest BCUT2D eigenvalue weighted by Gasteiger charge is -2.19. The maximum atomic E-state index is 13.5. The Morgan fingerprint density at radius 2 is 2.05 bits per heavy atom. The molecule has 0 heterocycles. The van der Waals surface area contributed by atoms with Crippen molar-refractivity contribution in [2.75, 3.05) is 20.1 Å². The Hall–Kier alpha value is -1.34. The number of carbonyl (C=O) groups is 1. The van der Waals surface area contributed by atoms with Crippen LogP contribution in [0.5, 0.6) is 0 Å². The average molecular weight is 313 g/mol. The third kappa shape index (κ3) is 5.34. The molecule has 0 aromatic heterocycles. The fourth-order valence-corrected chi connectivity index (χ4v) is 1.68. The van der Waals surface area contributed by atoms with Gasteiger partial charge in [0.1, 0.15) is 5.82 Å². The lowest BCUT2D eigenvalue weighted by Crippen LogP contribution is -2.39. The summed E-state index contributed by atoms with van der Waals surface area (Å²) in [4.78, 5) is 12.7. The van der Waals surface area contributed by atoms with E-state index in [0.29, 0.717) is 0 Å². The van der Waals surface area contributed by atoms with Gasteiger partial charge in [0.2, 0.25) is 5.91 Å². The van der Waals surface area contributed by atoms with Gasteiger partial charge in [-0.15, -0.1) is 0 Å². The molecule has 0 atom stereocenters. The van der Waals surface area contributed by atoms with Crippen LogP contribution in [0.15, 0.2) is 18.2 Å². The highest BCUT2D eigenvalue weighted by Gasteiger charge is 2.26. The van der Waals surface area contributed by atoms with Crippen LogP contribution in [0, 0.1) is 5.82 Å². The van der Waals surface area contributed by atoms with Crippen LogP contribution in [0.3, 0.4) is 0 Å². The molecule has 0 bridgehead atoms. The van der Waals surface area contributed by atoms with Crippen molar-refractivity contribution >= 4 is 17.5 Å². The fourth-order valence-electron chi connectivity index (χ4n) is 1.45. The second kappa shape index (κ2) is 6.90. The van der Waals surface area contributed by atoms with E-state index in [2.05, 4.69) is 0 Å². The Bertz CT molecular complexity index is 459. The molecule has 8 heteroatoms. The molecule has 0 saturated carbocycles. The normalized spacial score (nSPS) is 11.5. The van der Waals surface area contributed by atoms with Crippen molar-refractivity contribution in [2.45, 2.75) is 12.7 Å². The molecule has 0 aliphatic carbocycles. The van der Waals surface area contributed by atoms with E-state index in [4.69, 9.17) is 11.6 Å². The molecule has 0 fully saturated rings. The molecule has 0 spiro atoms. The number of hydrogen-bond acceptors (Lipinski definition) is 2. The lowest BCUT2D eigenvalue weighted by molar-refractivity contribution is -0.133. The van der Waals surface area contributed by atoms with Crippen LogP contribution in [0.2, 0.25) is 5.02 Å². The van der Waals surface area contributed by atoms with E-state index in [-0.39, 0.29) is 17.1 Å². The van der Waals surface area contributed by atoms with E-state index in [1.54, 1.807) is 0 Å². The molecular weight excluding hydrogens is 300 g/mol. The van der Waals surface area contributed by atoms with Crippen molar-refractivity contribution < 1.29 is 22.4 Å². The summed E-state index contributed by atoms with van der Waals surface area (Å²) in [6.07, 6.45) is -4.38. The summed E-state index contributed by atoms with van der Waals surface area (Å²) >= 11 is 5.80. The van der Waals surface area contributed by atoms with Gasteiger partial charge in [-0.05, 0) is 12.1 Å². The minimum Gasteiger partial charge on any atom is -0.340 e. The Morgan fingerprint density at radius 3 is 2.60 bits per heavy atom. The number of rotatable bonds is 5. The number of nitrogens with one attached hydrogen (secondary N) is 1. The maximum absolute atomic E-state index is 13.5. The molecule has 112 valence electrons. The van der Waals surface area contributed by atoms with Crippen LogP contribution >= 0.6 is 11.6 Å². The zero-order valence-corrected chi connectivity index (χ0v) is 11.4. The molecule has 0 aliphatic heterocycles. The number of alkyl halides is 3. The minimum atomic E-state index is -4.38.